The number of aryl methyl sites for hydroxylation is 2. The van der Waals surface area contributed by atoms with Crippen molar-refractivity contribution in [2.24, 2.45) is 5.10 Å². The summed E-state index contributed by atoms with van der Waals surface area (Å²) in [6.07, 6.45) is 1.41. The molecule has 0 aliphatic heterocycles. The highest BCUT2D eigenvalue weighted by Gasteiger charge is 2.27. The maximum atomic E-state index is 13.5. The topological polar surface area (TPSA) is 105 Å². The van der Waals surface area contributed by atoms with E-state index in [4.69, 9.17) is 4.74 Å². The minimum atomic E-state index is -4.02. The Morgan fingerprint density at radius 3 is 2.21 bits per heavy atom. The Labute approximate surface area is 227 Å². The minimum Gasteiger partial charge on any atom is -0.423 e. The number of hydrogen-bond donors (Lipinski definition) is 1. The van der Waals surface area contributed by atoms with Crippen LogP contribution < -0.4 is 14.5 Å². The van der Waals surface area contributed by atoms with E-state index in [1.165, 1.54) is 18.3 Å². The van der Waals surface area contributed by atoms with Gasteiger partial charge in [-0.15, -0.1) is 0 Å². The van der Waals surface area contributed by atoms with E-state index in [1.807, 2.05) is 26.0 Å². The fourth-order valence-electron chi connectivity index (χ4n) is 3.64. The smallest absolute Gasteiger partial charge is 0.343 e. The number of sulfonamides is 1. The molecule has 0 aromatic heterocycles. The van der Waals surface area contributed by atoms with Gasteiger partial charge in [0.05, 0.1) is 22.4 Å². The van der Waals surface area contributed by atoms with Crippen molar-refractivity contribution in [2.45, 2.75) is 18.7 Å². The van der Waals surface area contributed by atoms with Crippen molar-refractivity contribution in [3.05, 3.63) is 125 Å². The molecule has 1 N–H and O–H groups in total. The SMILES string of the molecule is Cc1ccc(S(=O)(=O)N(CC(=O)N/N=C\c2ccc(OC(=O)c3ccccc3)cc2)c2cccc(C)c2)cc1. The van der Waals surface area contributed by atoms with Gasteiger partial charge in [0.25, 0.3) is 15.9 Å². The molecule has 0 fully saturated rings. The molecule has 0 aliphatic carbocycles. The summed E-state index contributed by atoms with van der Waals surface area (Å²) < 4.78 is 33.3. The average Bonchev–Trinajstić information content (AvgIpc) is 2.93. The predicted molar refractivity (Wildman–Crippen MR) is 150 cm³/mol. The lowest BCUT2D eigenvalue weighted by molar-refractivity contribution is -0.119. The molecule has 1 amide bonds. The van der Waals surface area contributed by atoms with Crippen molar-refractivity contribution in [3.63, 3.8) is 0 Å². The van der Waals surface area contributed by atoms with Gasteiger partial charge < -0.3 is 4.74 Å². The van der Waals surface area contributed by atoms with Crippen molar-refractivity contribution in [1.29, 1.82) is 0 Å². The van der Waals surface area contributed by atoms with Gasteiger partial charge in [0.15, 0.2) is 0 Å². The van der Waals surface area contributed by atoms with Crippen molar-refractivity contribution < 1.29 is 22.7 Å². The van der Waals surface area contributed by atoms with E-state index in [0.29, 0.717) is 22.6 Å². The van der Waals surface area contributed by atoms with Gasteiger partial charge >= 0.3 is 5.97 Å². The number of carbonyl (C=O) groups excluding carboxylic acids is 2. The Balaban J connectivity index is 1.43. The first-order chi connectivity index (χ1) is 18.7. The summed E-state index contributed by atoms with van der Waals surface area (Å²) in [7, 11) is -4.02. The summed E-state index contributed by atoms with van der Waals surface area (Å²) >= 11 is 0. The van der Waals surface area contributed by atoms with E-state index in [1.54, 1.807) is 78.9 Å². The number of carbonyl (C=O) groups is 2. The van der Waals surface area contributed by atoms with Crippen molar-refractivity contribution in [3.8, 4) is 5.75 Å². The van der Waals surface area contributed by atoms with Crippen LogP contribution in [0, 0.1) is 13.8 Å². The van der Waals surface area contributed by atoms with Crippen LogP contribution in [-0.2, 0) is 14.8 Å². The molecule has 0 radical (unpaired) electrons. The second kappa shape index (κ2) is 12.2. The third-order valence-electron chi connectivity index (χ3n) is 5.69. The number of nitrogens with one attached hydrogen (secondary N) is 1. The fraction of sp³-hybridized carbons (Fsp3) is 0.100. The van der Waals surface area contributed by atoms with Crippen LogP contribution >= 0.6 is 0 Å². The molecule has 39 heavy (non-hydrogen) atoms. The van der Waals surface area contributed by atoms with E-state index in [-0.39, 0.29) is 4.90 Å². The van der Waals surface area contributed by atoms with Gasteiger partial charge in [0.1, 0.15) is 12.3 Å². The van der Waals surface area contributed by atoms with E-state index in [9.17, 15) is 18.0 Å². The molecular formula is C30H27N3O5S. The lowest BCUT2D eigenvalue weighted by atomic mass is 10.2. The van der Waals surface area contributed by atoms with E-state index in [2.05, 4.69) is 10.5 Å². The Morgan fingerprint density at radius 2 is 1.54 bits per heavy atom. The molecule has 9 heteroatoms. The lowest BCUT2D eigenvalue weighted by Crippen LogP contribution is -2.39. The average molecular weight is 542 g/mol. The van der Waals surface area contributed by atoms with Gasteiger partial charge in [-0.3, -0.25) is 9.10 Å². The zero-order valence-electron chi connectivity index (χ0n) is 21.4. The van der Waals surface area contributed by atoms with Gasteiger partial charge in [-0.25, -0.2) is 18.6 Å². The number of hydrogen-bond acceptors (Lipinski definition) is 6. The molecule has 0 spiro atoms. The Morgan fingerprint density at radius 1 is 0.846 bits per heavy atom. The number of nitrogens with zero attached hydrogens (tertiary/aromatic N) is 2. The van der Waals surface area contributed by atoms with Crippen molar-refractivity contribution in [1.82, 2.24) is 5.43 Å². The molecule has 0 bridgehead atoms. The number of anilines is 1. The number of rotatable bonds is 9. The van der Waals surface area contributed by atoms with Crippen molar-refractivity contribution >= 4 is 33.8 Å². The van der Waals surface area contributed by atoms with Crippen LogP contribution in [0.2, 0.25) is 0 Å². The summed E-state index contributed by atoms with van der Waals surface area (Å²) in [5.41, 5.74) is 5.61. The van der Waals surface area contributed by atoms with E-state index >= 15 is 0 Å². The third kappa shape index (κ3) is 7.18. The van der Waals surface area contributed by atoms with Crippen LogP contribution in [0.5, 0.6) is 5.75 Å². The maximum absolute atomic E-state index is 13.5. The number of ether oxygens (including phenoxy) is 1. The van der Waals surface area contributed by atoms with E-state index in [0.717, 1.165) is 15.4 Å². The molecule has 4 aromatic rings. The normalized spacial score (nSPS) is 11.2. The summed E-state index contributed by atoms with van der Waals surface area (Å²) in [5, 5.41) is 3.96. The summed E-state index contributed by atoms with van der Waals surface area (Å²) in [6.45, 7) is 3.24. The van der Waals surface area contributed by atoms with Gasteiger partial charge in [-0.2, -0.15) is 5.10 Å². The molecule has 0 aliphatic rings. The lowest BCUT2D eigenvalue weighted by Gasteiger charge is -2.24. The Hall–Kier alpha value is -4.76. The van der Waals surface area contributed by atoms with Crippen LogP contribution in [0.3, 0.4) is 0 Å². The number of benzene rings is 4. The first-order valence-electron chi connectivity index (χ1n) is 12.1. The second-order valence-electron chi connectivity index (χ2n) is 8.78. The summed E-state index contributed by atoms with van der Waals surface area (Å²) in [4.78, 5) is 25.0. The van der Waals surface area contributed by atoms with Crippen LogP contribution in [0.15, 0.2) is 113 Å². The molecule has 8 nitrogen and oxygen atoms in total. The molecular weight excluding hydrogens is 514 g/mol. The molecule has 0 unspecified atom stereocenters. The second-order valence-corrected chi connectivity index (χ2v) is 10.6. The molecule has 0 heterocycles. The largest absolute Gasteiger partial charge is 0.423 e. The summed E-state index contributed by atoms with van der Waals surface area (Å²) in [5.74, 6) is -0.722. The molecule has 198 valence electrons. The first-order valence-corrected chi connectivity index (χ1v) is 13.5. The van der Waals surface area contributed by atoms with E-state index < -0.39 is 28.4 Å². The zero-order valence-corrected chi connectivity index (χ0v) is 22.3. The number of esters is 1. The first kappa shape index (κ1) is 27.3. The number of amides is 1. The standard InChI is InChI=1S/C30H27N3O5S/c1-22-11-17-28(18-12-22)39(36,37)33(26-10-6-7-23(2)19-26)21-29(34)32-31-20-24-13-15-27(16-14-24)38-30(35)25-8-4-3-5-9-25/h3-20H,21H2,1-2H3,(H,32,34)/b31-20-. The van der Waals surface area contributed by atoms with Crippen molar-refractivity contribution in [2.75, 3.05) is 10.8 Å². The summed E-state index contributed by atoms with van der Waals surface area (Å²) in [6, 6.07) is 28.6. The highest BCUT2D eigenvalue weighted by molar-refractivity contribution is 7.92. The van der Waals surface area contributed by atoms with Gasteiger partial charge in [-0.05, 0) is 85.6 Å². The quantitative estimate of drug-likeness (QED) is 0.141. The maximum Gasteiger partial charge on any atom is 0.343 e. The molecule has 4 rings (SSSR count). The van der Waals surface area contributed by atoms with Gasteiger partial charge in [0, 0.05) is 0 Å². The highest BCUT2D eigenvalue weighted by atomic mass is 32.2. The van der Waals surface area contributed by atoms with Gasteiger partial charge in [-0.1, -0.05) is 48.0 Å². The van der Waals surface area contributed by atoms with Crippen LogP contribution in [0.25, 0.3) is 0 Å². The number of hydrazone groups is 1. The Bertz CT molecular complexity index is 1580. The van der Waals surface area contributed by atoms with Gasteiger partial charge in [0.2, 0.25) is 0 Å². The van der Waals surface area contributed by atoms with Crippen LogP contribution in [0.1, 0.15) is 27.0 Å². The highest BCUT2D eigenvalue weighted by Crippen LogP contribution is 2.24. The zero-order chi connectivity index (χ0) is 27.8. The Kier molecular flexibility index (Phi) is 8.53. The monoisotopic (exact) mass is 541 g/mol. The fourth-order valence-corrected chi connectivity index (χ4v) is 5.06. The molecule has 0 saturated heterocycles. The van der Waals surface area contributed by atoms with Crippen LogP contribution in [-0.4, -0.2) is 33.1 Å². The molecule has 0 saturated carbocycles. The minimum absolute atomic E-state index is 0.0824. The third-order valence-corrected chi connectivity index (χ3v) is 7.48. The predicted octanol–water partition coefficient (Wildman–Crippen LogP) is 4.87. The molecule has 0 atom stereocenters. The molecule has 4 aromatic carbocycles. The van der Waals surface area contributed by atoms with Crippen LogP contribution in [0.4, 0.5) is 5.69 Å².